The molecule has 0 aromatic rings. The summed E-state index contributed by atoms with van der Waals surface area (Å²) in [6.07, 6.45) is 4.76. The molecule has 0 N–H and O–H groups in total. The Kier molecular flexibility index (Phi) is 8.81. The van der Waals surface area contributed by atoms with Crippen molar-refractivity contribution in [2.75, 3.05) is 32.8 Å². The van der Waals surface area contributed by atoms with Gasteiger partial charge in [-0.25, -0.2) is 9.69 Å². The van der Waals surface area contributed by atoms with Gasteiger partial charge in [0.2, 0.25) is 0 Å². The number of hydrogen-bond acceptors (Lipinski definition) is 8. The Hall–Kier alpha value is -1.22. The second kappa shape index (κ2) is 11.0. The van der Waals surface area contributed by atoms with Gasteiger partial charge >= 0.3 is 11.9 Å². The number of carbonyl (C=O) groups is 2. The summed E-state index contributed by atoms with van der Waals surface area (Å²) in [7, 11) is 0. The fourth-order valence-corrected chi connectivity index (χ4v) is 5.35. The zero-order chi connectivity index (χ0) is 24.2. The van der Waals surface area contributed by atoms with Gasteiger partial charge in [0.1, 0.15) is 5.60 Å². The van der Waals surface area contributed by atoms with E-state index in [1.165, 1.54) is 0 Å². The molecular formula is C25H44N2O6. The summed E-state index contributed by atoms with van der Waals surface area (Å²) < 4.78 is 24.1. The maximum Gasteiger partial charge on any atom is 0.371 e. The molecule has 3 unspecified atom stereocenters. The van der Waals surface area contributed by atoms with E-state index < -0.39 is 11.4 Å². The van der Waals surface area contributed by atoms with E-state index in [1.807, 2.05) is 41.5 Å². The maximum absolute atomic E-state index is 14.0. The number of morpholine rings is 1. The van der Waals surface area contributed by atoms with Crippen LogP contribution in [0.3, 0.4) is 0 Å². The SMILES string of the molecule is CCOC(=O)C1CCC(OC(C(=O)OC(C)(C)C)(N2CCCC2)N2CC(C)OC(C)C2)CC1. The van der Waals surface area contributed by atoms with Crippen molar-refractivity contribution in [1.29, 1.82) is 0 Å². The summed E-state index contributed by atoms with van der Waals surface area (Å²) in [5.41, 5.74) is -0.628. The third kappa shape index (κ3) is 6.47. The van der Waals surface area contributed by atoms with Crippen molar-refractivity contribution < 1.29 is 28.5 Å². The Morgan fingerprint density at radius 3 is 2.03 bits per heavy atom. The number of esters is 2. The highest BCUT2D eigenvalue weighted by molar-refractivity contribution is 5.79. The van der Waals surface area contributed by atoms with Crippen LogP contribution in [0.2, 0.25) is 0 Å². The predicted octanol–water partition coefficient (Wildman–Crippen LogP) is 3.33. The summed E-state index contributed by atoms with van der Waals surface area (Å²) in [6, 6.07) is 0. The Balaban J connectivity index is 1.88. The molecule has 0 amide bonds. The van der Waals surface area contributed by atoms with Crippen molar-refractivity contribution in [2.45, 2.75) is 110 Å². The molecule has 3 atom stereocenters. The molecule has 0 radical (unpaired) electrons. The van der Waals surface area contributed by atoms with Gasteiger partial charge < -0.3 is 18.9 Å². The molecule has 8 heteroatoms. The van der Waals surface area contributed by atoms with Crippen LogP contribution in [-0.2, 0) is 28.5 Å². The number of ether oxygens (including phenoxy) is 4. The van der Waals surface area contributed by atoms with E-state index >= 15 is 0 Å². The quantitative estimate of drug-likeness (QED) is 0.527. The molecule has 1 aliphatic carbocycles. The predicted molar refractivity (Wildman–Crippen MR) is 124 cm³/mol. The smallest absolute Gasteiger partial charge is 0.371 e. The van der Waals surface area contributed by atoms with E-state index in [4.69, 9.17) is 18.9 Å². The van der Waals surface area contributed by atoms with Crippen molar-refractivity contribution in [3.05, 3.63) is 0 Å². The van der Waals surface area contributed by atoms with Gasteiger partial charge in [-0.05, 0) is 80.1 Å². The maximum atomic E-state index is 14.0. The first-order valence-electron chi connectivity index (χ1n) is 12.8. The second-order valence-electron chi connectivity index (χ2n) is 10.8. The lowest BCUT2D eigenvalue weighted by atomic mass is 9.87. The van der Waals surface area contributed by atoms with Crippen LogP contribution in [0.25, 0.3) is 0 Å². The third-order valence-corrected chi connectivity index (χ3v) is 6.67. The van der Waals surface area contributed by atoms with Gasteiger partial charge in [-0.1, -0.05) is 0 Å². The molecular weight excluding hydrogens is 424 g/mol. The first-order valence-corrected chi connectivity index (χ1v) is 12.8. The van der Waals surface area contributed by atoms with Gasteiger partial charge in [0.05, 0.1) is 30.8 Å². The Bertz CT molecular complexity index is 656. The van der Waals surface area contributed by atoms with Crippen molar-refractivity contribution in [3.8, 4) is 0 Å². The Labute approximate surface area is 199 Å². The van der Waals surface area contributed by atoms with Crippen molar-refractivity contribution in [2.24, 2.45) is 5.92 Å². The first kappa shape index (κ1) is 26.4. The van der Waals surface area contributed by atoms with Gasteiger partial charge in [-0.15, -0.1) is 0 Å². The normalized spacial score (nSPS) is 31.7. The molecule has 2 heterocycles. The van der Waals surface area contributed by atoms with Gasteiger partial charge in [0.15, 0.2) is 0 Å². The monoisotopic (exact) mass is 468 g/mol. The molecule has 3 aliphatic rings. The summed E-state index contributed by atoms with van der Waals surface area (Å²) in [5, 5.41) is 0. The molecule has 0 bridgehead atoms. The lowest BCUT2D eigenvalue weighted by molar-refractivity contribution is -0.292. The van der Waals surface area contributed by atoms with Gasteiger partial charge in [-0.3, -0.25) is 9.69 Å². The van der Waals surface area contributed by atoms with Crippen LogP contribution in [0.5, 0.6) is 0 Å². The summed E-state index contributed by atoms with van der Waals surface area (Å²) in [6.45, 7) is 14.8. The lowest BCUT2D eigenvalue weighted by Crippen LogP contribution is -2.71. The fourth-order valence-electron chi connectivity index (χ4n) is 5.35. The van der Waals surface area contributed by atoms with E-state index in [2.05, 4.69) is 9.80 Å². The molecule has 0 spiro atoms. The highest BCUT2D eigenvalue weighted by atomic mass is 16.6. The molecule has 190 valence electrons. The fraction of sp³-hybridized carbons (Fsp3) is 0.920. The molecule has 33 heavy (non-hydrogen) atoms. The number of rotatable bonds is 7. The topological polar surface area (TPSA) is 77.5 Å². The largest absolute Gasteiger partial charge is 0.466 e. The number of likely N-dealkylation sites (tertiary alicyclic amines) is 1. The summed E-state index contributed by atoms with van der Waals surface area (Å²) in [5.74, 6) is -1.83. The lowest BCUT2D eigenvalue weighted by Gasteiger charge is -2.52. The van der Waals surface area contributed by atoms with Crippen LogP contribution in [-0.4, -0.2) is 84.3 Å². The second-order valence-corrected chi connectivity index (χ2v) is 10.8. The zero-order valence-electron chi connectivity index (χ0n) is 21.4. The van der Waals surface area contributed by atoms with Crippen molar-refractivity contribution in [3.63, 3.8) is 0 Å². The molecule has 8 nitrogen and oxygen atoms in total. The highest BCUT2D eigenvalue weighted by Gasteiger charge is 2.56. The minimum Gasteiger partial charge on any atom is -0.466 e. The van der Waals surface area contributed by atoms with Crippen molar-refractivity contribution >= 4 is 11.9 Å². The average molecular weight is 469 g/mol. The van der Waals surface area contributed by atoms with E-state index in [0.717, 1.165) is 38.8 Å². The van der Waals surface area contributed by atoms with Gasteiger partial charge in [-0.2, -0.15) is 0 Å². The van der Waals surface area contributed by atoms with Crippen LogP contribution in [0.4, 0.5) is 0 Å². The number of nitrogens with zero attached hydrogens (tertiary/aromatic N) is 2. The minimum atomic E-state index is -1.28. The molecule has 0 aromatic heterocycles. The number of hydrogen-bond donors (Lipinski definition) is 0. The van der Waals surface area contributed by atoms with Crippen molar-refractivity contribution in [1.82, 2.24) is 9.80 Å². The molecule has 1 saturated carbocycles. The van der Waals surface area contributed by atoms with E-state index in [9.17, 15) is 9.59 Å². The first-order chi connectivity index (χ1) is 15.5. The van der Waals surface area contributed by atoms with E-state index in [0.29, 0.717) is 32.5 Å². The molecule has 3 fully saturated rings. The standard InChI is InChI=1S/C25H44N2O6/c1-7-30-22(28)20-10-12-21(13-11-20)32-25(26-14-8-9-15-26,23(29)33-24(4,5)6)27-16-18(2)31-19(3)17-27/h18-21H,7-17H2,1-6H3. The molecule has 3 rings (SSSR count). The van der Waals surface area contributed by atoms with Crippen LogP contribution >= 0.6 is 0 Å². The zero-order valence-corrected chi connectivity index (χ0v) is 21.4. The Morgan fingerprint density at radius 2 is 1.52 bits per heavy atom. The average Bonchev–Trinajstić information content (AvgIpc) is 3.25. The number of carbonyl (C=O) groups excluding carboxylic acids is 2. The molecule has 0 aromatic carbocycles. The van der Waals surface area contributed by atoms with Crippen LogP contribution in [0.15, 0.2) is 0 Å². The summed E-state index contributed by atoms with van der Waals surface area (Å²) in [4.78, 5) is 30.5. The minimum absolute atomic E-state index is 0.0127. The van der Waals surface area contributed by atoms with Gasteiger partial charge in [0, 0.05) is 26.2 Å². The van der Waals surface area contributed by atoms with Crippen LogP contribution in [0, 0.1) is 5.92 Å². The third-order valence-electron chi connectivity index (χ3n) is 6.67. The Morgan fingerprint density at radius 1 is 0.939 bits per heavy atom. The molecule has 2 aliphatic heterocycles. The van der Waals surface area contributed by atoms with Crippen LogP contribution < -0.4 is 0 Å². The molecule has 2 saturated heterocycles. The summed E-state index contributed by atoms with van der Waals surface area (Å²) >= 11 is 0. The van der Waals surface area contributed by atoms with E-state index in [1.54, 1.807) is 0 Å². The van der Waals surface area contributed by atoms with Crippen LogP contribution in [0.1, 0.15) is 80.1 Å². The van der Waals surface area contributed by atoms with E-state index in [-0.39, 0.29) is 36.2 Å². The van der Waals surface area contributed by atoms with Gasteiger partial charge in [0.25, 0.3) is 5.85 Å². The highest BCUT2D eigenvalue weighted by Crippen LogP contribution is 2.37.